The van der Waals surface area contributed by atoms with Crippen molar-refractivity contribution in [3.8, 4) is 0 Å². The first kappa shape index (κ1) is 24.3. The maximum Gasteiger partial charge on any atom is 0.268 e. The van der Waals surface area contributed by atoms with E-state index in [9.17, 15) is 13.0 Å². The van der Waals surface area contributed by atoms with Gasteiger partial charge in [-0.2, -0.15) is 0 Å². The highest BCUT2D eigenvalue weighted by atomic mass is 32.2. The number of nitrogens with zero attached hydrogens (tertiary/aromatic N) is 1. The largest absolute Gasteiger partial charge is 0.598 e. The summed E-state index contributed by atoms with van der Waals surface area (Å²) in [5.41, 5.74) is 4.66. The molecule has 2 aromatic carbocycles. The molecule has 0 radical (unpaired) electrons. The van der Waals surface area contributed by atoms with Gasteiger partial charge >= 0.3 is 0 Å². The van der Waals surface area contributed by atoms with Crippen molar-refractivity contribution >= 4 is 32.3 Å². The van der Waals surface area contributed by atoms with Gasteiger partial charge in [0.05, 0.1) is 16.5 Å². The van der Waals surface area contributed by atoms with E-state index in [4.69, 9.17) is 0 Å². The Morgan fingerprint density at radius 2 is 1.79 bits per heavy atom. The predicted molar refractivity (Wildman–Crippen MR) is 136 cm³/mol. The molecule has 4 rings (SSSR count). The SMILES string of the molecule is Cc1ccc(S(=O)(=O)n2c3c(c4cc(C(C)C)ccc42)[C@@H](N[S@+]([O-])C(C)(C)C)CCC3)cc1. The topological polar surface area (TPSA) is 74.2 Å². The summed E-state index contributed by atoms with van der Waals surface area (Å²) in [7, 11) is -3.78. The van der Waals surface area contributed by atoms with Crippen LogP contribution in [-0.2, 0) is 27.8 Å². The summed E-state index contributed by atoms with van der Waals surface area (Å²) in [6, 6.07) is 12.9. The molecule has 1 aliphatic rings. The molecule has 1 aliphatic carbocycles. The Kier molecular flexibility index (Phi) is 6.46. The Bertz CT molecular complexity index is 1270. The van der Waals surface area contributed by atoms with Crippen LogP contribution in [0.2, 0.25) is 0 Å². The molecule has 3 aromatic rings. The molecule has 1 heterocycles. The van der Waals surface area contributed by atoms with Crippen molar-refractivity contribution in [1.82, 2.24) is 8.69 Å². The van der Waals surface area contributed by atoms with Gasteiger partial charge in [0.1, 0.15) is 4.75 Å². The first-order valence-corrected chi connectivity index (χ1v) is 14.2. The van der Waals surface area contributed by atoms with Crippen LogP contribution in [-0.4, -0.2) is 21.7 Å². The molecule has 0 aliphatic heterocycles. The summed E-state index contributed by atoms with van der Waals surface area (Å²) < 4.78 is 45.2. The first-order chi connectivity index (χ1) is 15.4. The van der Waals surface area contributed by atoms with Crippen LogP contribution in [0.1, 0.15) is 81.8 Å². The van der Waals surface area contributed by atoms with Crippen LogP contribution in [0.3, 0.4) is 0 Å². The number of hydrogen-bond acceptors (Lipinski definition) is 4. The fourth-order valence-electron chi connectivity index (χ4n) is 4.47. The van der Waals surface area contributed by atoms with Crippen molar-refractivity contribution in [2.45, 2.75) is 82.4 Å². The number of aryl methyl sites for hydroxylation is 1. The van der Waals surface area contributed by atoms with E-state index >= 15 is 0 Å². The Balaban J connectivity index is 1.97. The molecule has 1 aromatic heterocycles. The zero-order valence-corrected chi connectivity index (χ0v) is 21.9. The maximum atomic E-state index is 13.9. The summed E-state index contributed by atoms with van der Waals surface area (Å²) in [4.78, 5) is 0.286. The maximum absolute atomic E-state index is 13.9. The molecule has 0 saturated carbocycles. The van der Waals surface area contributed by atoms with Crippen LogP contribution < -0.4 is 4.72 Å². The minimum atomic E-state index is -3.78. The van der Waals surface area contributed by atoms with E-state index in [0.29, 0.717) is 17.9 Å². The number of aromatic nitrogens is 1. The zero-order valence-electron chi connectivity index (χ0n) is 20.3. The summed E-state index contributed by atoms with van der Waals surface area (Å²) in [5, 5.41) is 0.940. The van der Waals surface area contributed by atoms with Gasteiger partial charge in [0.2, 0.25) is 0 Å². The molecule has 0 amide bonds. The van der Waals surface area contributed by atoms with E-state index in [1.165, 1.54) is 0 Å². The van der Waals surface area contributed by atoms with E-state index in [-0.39, 0.29) is 10.9 Å². The number of nitrogens with one attached hydrogen (secondary N) is 1. The Hall–Kier alpha value is -1.80. The number of fused-ring (bicyclic) bond motifs is 3. The van der Waals surface area contributed by atoms with Crippen LogP contribution in [0.5, 0.6) is 0 Å². The van der Waals surface area contributed by atoms with Crippen LogP contribution in [0.25, 0.3) is 10.9 Å². The van der Waals surface area contributed by atoms with Crippen LogP contribution in [0.15, 0.2) is 47.4 Å². The van der Waals surface area contributed by atoms with Gasteiger partial charge in [0.15, 0.2) is 0 Å². The highest BCUT2D eigenvalue weighted by molar-refractivity contribution is 7.91. The Morgan fingerprint density at radius 1 is 1.12 bits per heavy atom. The molecule has 33 heavy (non-hydrogen) atoms. The van der Waals surface area contributed by atoms with E-state index < -0.39 is 26.1 Å². The second-order valence-electron chi connectivity index (χ2n) is 10.3. The number of rotatable bonds is 5. The zero-order chi connectivity index (χ0) is 24.1. The van der Waals surface area contributed by atoms with Crippen molar-refractivity contribution in [2.24, 2.45) is 0 Å². The van der Waals surface area contributed by atoms with Crippen molar-refractivity contribution in [3.63, 3.8) is 0 Å². The Labute approximate surface area is 201 Å². The molecule has 0 fully saturated rings. The third-order valence-electron chi connectivity index (χ3n) is 6.37. The Morgan fingerprint density at radius 3 is 2.39 bits per heavy atom. The van der Waals surface area contributed by atoms with Crippen molar-refractivity contribution in [1.29, 1.82) is 0 Å². The molecule has 0 saturated heterocycles. The first-order valence-electron chi connectivity index (χ1n) is 11.6. The fourth-order valence-corrected chi connectivity index (χ4v) is 6.91. The number of hydrogen-bond donors (Lipinski definition) is 1. The fraction of sp³-hybridized carbons (Fsp3) is 0.462. The highest BCUT2D eigenvalue weighted by Crippen LogP contribution is 2.41. The molecule has 178 valence electrons. The van der Waals surface area contributed by atoms with Crippen molar-refractivity contribution < 1.29 is 13.0 Å². The molecular formula is C26H34N2O3S2. The van der Waals surface area contributed by atoms with E-state index in [0.717, 1.165) is 40.6 Å². The average molecular weight is 487 g/mol. The van der Waals surface area contributed by atoms with Gasteiger partial charge in [-0.1, -0.05) is 37.6 Å². The summed E-state index contributed by atoms with van der Waals surface area (Å²) >= 11 is -1.26. The summed E-state index contributed by atoms with van der Waals surface area (Å²) in [5.74, 6) is 0.320. The molecule has 2 atom stereocenters. The van der Waals surface area contributed by atoms with Gasteiger partial charge in [-0.25, -0.2) is 12.4 Å². The number of benzene rings is 2. The minimum Gasteiger partial charge on any atom is -0.598 e. The second-order valence-corrected chi connectivity index (χ2v) is 14.1. The van der Waals surface area contributed by atoms with E-state index in [1.54, 1.807) is 16.1 Å². The molecule has 0 bridgehead atoms. The lowest BCUT2D eigenvalue weighted by Gasteiger charge is -2.30. The van der Waals surface area contributed by atoms with Gasteiger partial charge in [0, 0.05) is 28.0 Å². The lowest BCUT2D eigenvalue weighted by Crippen LogP contribution is -2.42. The predicted octanol–water partition coefficient (Wildman–Crippen LogP) is 5.74. The highest BCUT2D eigenvalue weighted by Gasteiger charge is 2.37. The van der Waals surface area contributed by atoms with Crippen LogP contribution >= 0.6 is 0 Å². The average Bonchev–Trinajstić information content (AvgIpc) is 3.08. The second kappa shape index (κ2) is 8.77. The normalized spacial score (nSPS) is 18.0. The van der Waals surface area contributed by atoms with Crippen molar-refractivity contribution in [3.05, 3.63) is 64.8 Å². The smallest absolute Gasteiger partial charge is 0.268 e. The molecule has 5 nitrogen and oxygen atoms in total. The van der Waals surface area contributed by atoms with Gasteiger partial charge in [-0.3, -0.25) is 0 Å². The van der Waals surface area contributed by atoms with Gasteiger partial charge in [-0.15, -0.1) is 4.72 Å². The molecule has 0 spiro atoms. The van der Waals surface area contributed by atoms with Crippen molar-refractivity contribution in [2.75, 3.05) is 0 Å². The van der Waals surface area contributed by atoms with E-state index in [1.807, 2.05) is 52.0 Å². The molecule has 0 unspecified atom stereocenters. The lowest BCUT2D eigenvalue weighted by atomic mass is 9.90. The third kappa shape index (κ3) is 4.48. The third-order valence-corrected chi connectivity index (χ3v) is 9.75. The summed E-state index contributed by atoms with van der Waals surface area (Å²) in [6.07, 6.45) is 2.33. The van der Waals surface area contributed by atoms with Gasteiger partial charge < -0.3 is 4.55 Å². The monoisotopic (exact) mass is 486 g/mol. The molecular weight excluding hydrogens is 452 g/mol. The lowest BCUT2D eigenvalue weighted by molar-refractivity contribution is 0.488. The van der Waals surface area contributed by atoms with Gasteiger partial charge in [0.25, 0.3) is 10.0 Å². The van der Waals surface area contributed by atoms with Crippen LogP contribution in [0, 0.1) is 6.92 Å². The van der Waals surface area contributed by atoms with E-state index in [2.05, 4.69) is 24.6 Å². The standard InChI is InChI=1S/C26H34N2O3S2/c1-17(2)19-12-15-23-21(16-19)25-22(27-32(29)26(4,5)6)8-7-9-24(25)28(23)33(30,31)20-13-10-18(3)11-14-20/h10-17,22,27H,7-9H2,1-6H3/t22-,32+/m0/s1. The van der Waals surface area contributed by atoms with Gasteiger partial charge in [-0.05, 0) is 82.7 Å². The molecule has 1 N–H and O–H groups in total. The quantitative estimate of drug-likeness (QED) is 0.467. The molecule has 7 heteroatoms. The van der Waals surface area contributed by atoms with Crippen LogP contribution in [0.4, 0.5) is 0 Å². The minimum absolute atomic E-state index is 0.159. The summed E-state index contributed by atoms with van der Waals surface area (Å²) in [6.45, 7) is 12.1.